The normalized spacial score (nSPS) is 12.5. The number of hydrogen-bond donors (Lipinski definition) is 0. The van der Waals surface area contributed by atoms with Crippen molar-refractivity contribution in [1.29, 1.82) is 0 Å². The van der Waals surface area contributed by atoms with E-state index in [2.05, 4.69) is 57.6 Å². The molecule has 0 atom stereocenters. The number of hydrogen-bond acceptors (Lipinski definition) is 3. The molecule has 0 radical (unpaired) electrons. The van der Waals surface area contributed by atoms with Crippen LogP contribution in [0, 0.1) is 0 Å². The van der Waals surface area contributed by atoms with Gasteiger partial charge in [0, 0.05) is 0 Å². The molecule has 0 aliphatic rings. The third kappa shape index (κ3) is 62.3. The van der Waals surface area contributed by atoms with E-state index in [4.69, 9.17) is 0 Å². The Morgan fingerprint density at radius 2 is 0.395 bits per heavy atom. The Hall–Kier alpha value is -0.910. The van der Waals surface area contributed by atoms with E-state index in [1.165, 1.54) is 366 Å². The Kier molecular flexibility index (Phi) is 62.5. The van der Waals surface area contributed by atoms with Gasteiger partial charge in [0.25, 0.3) is 0 Å². The van der Waals surface area contributed by atoms with Gasteiger partial charge in [-0.25, -0.2) is 12.9 Å². The zero-order chi connectivity index (χ0) is 55.1. The van der Waals surface area contributed by atoms with Gasteiger partial charge >= 0.3 is 0 Å². The number of unbranched alkanes of at least 4 members (excludes halogenated alkanes) is 57. The summed E-state index contributed by atoms with van der Waals surface area (Å²) >= 11 is 0. The summed E-state index contributed by atoms with van der Waals surface area (Å²) in [6.45, 7) is 7.17. The second-order valence-corrected chi connectivity index (χ2v) is 26.1. The Balaban J connectivity index is 4.71. The van der Waals surface area contributed by atoms with Crippen molar-refractivity contribution in [3.05, 3.63) is 36.8 Å². The summed E-state index contributed by atoms with van der Waals surface area (Å²) in [5, 5.41) is 0. The highest BCUT2D eigenvalue weighted by molar-refractivity contribution is 7.85. The number of allylic oxidation sites excluding steroid dienone is 3. The zero-order valence-corrected chi connectivity index (χ0v) is 53.2. The molecular formula is C71H139NO3S. The van der Waals surface area contributed by atoms with Crippen molar-refractivity contribution in [1.82, 2.24) is 0 Å². The van der Waals surface area contributed by atoms with E-state index in [0.717, 1.165) is 19.3 Å². The Bertz CT molecular complexity index is 1160. The van der Waals surface area contributed by atoms with Crippen LogP contribution in [0.4, 0.5) is 0 Å². The van der Waals surface area contributed by atoms with Crippen LogP contribution in [0.15, 0.2) is 36.8 Å². The Labute approximate surface area is 480 Å². The lowest BCUT2D eigenvalue weighted by molar-refractivity contribution is -0.770. The molecule has 0 aromatic carbocycles. The first-order valence-electron chi connectivity index (χ1n) is 35.2. The van der Waals surface area contributed by atoms with E-state index in [9.17, 15) is 13.0 Å². The molecular weight excluding hydrogens is 947 g/mol. The Morgan fingerprint density at radius 1 is 0.250 bits per heavy atom. The number of rotatable bonds is 66. The maximum Gasteiger partial charge on any atom is 0.104 e. The topological polar surface area (TPSA) is 57.2 Å². The summed E-state index contributed by atoms with van der Waals surface area (Å²) in [4.78, 5) is 0. The van der Waals surface area contributed by atoms with Gasteiger partial charge in [-0.3, -0.25) is 0 Å². The first-order valence-corrected chi connectivity index (χ1v) is 36.8. The standard InChI is InChI=1S/C71H139NO3S/c1-4-7-10-13-16-19-22-25-28-31-34-37-40-43-46-49-52-55-58-61-64-67-72(70-71-76(73,74)75,68-65-62-59-56-53-50-47-44-41-38-35-32-29-26-23-20-17-14-11-8-5-2)69-66-63-60-57-54-51-48-45-42-39-36-33-30-27-24-21-18-15-12-9-6-3/h64-69H,4-63,70-71H2,1-3H3/b67-64+,68-65+,69-66+. The fraction of sp³-hybridized carbons (Fsp3) is 0.915. The molecule has 0 unspecified atom stereocenters. The zero-order valence-electron chi connectivity index (χ0n) is 52.4. The molecule has 4 nitrogen and oxygen atoms in total. The van der Waals surface area contributed by atoms with Gasteiger partial charge < -0.3 is 4.55 Å². The van der Waals surface area contributed by atoms with Crippen LogP contribution in [0.1, 0.15) is 406 Å². The van der Waals surface area contributed by atoms with Crippen LogP contribution in [-0.2, 0) is 10.1 Å². The minimum Gasteiger partial charge on any atom is -0.748 e. The largest absolute Gasteiger partial charge is 0.748 e. The quantitative estimate of drug-likeness (QED) is 0.0346. The molecule has 0 aromatic rings. The van der Waals surface area contributed by atoms with E-state index >= 15 is 0 Å². The van der Waals surface area contributed by atoms with E-state index in [-0.39, 0.29) is 12.3 Å². The molecule has 0 amide bonds. The first kappa shape index (κ1) is 75.1. The minimum atomic E-state index is -4.32. The van der Waals surface area contributed by atoms with Crippen molar-refractivity contribution in [2.24, 2.45) is 0 Å². The van der Waals surface area contributed by atoms with Gasteiger partial charge in [-0.15, -0.1) is 0 Å². The van der Waals surface area contributed by atoms with Gasteiger partial charge in [0.05, 0.1) is 5.75 Å². The molecule has 0 fully saturated rings. The van der Waals surface area contributed by atoms with Crippen LogP contribution in [-0.4, -0.2) is 29.8 Å². The molecule has 0 N–H and O–H groups in total. The smallest absolute Gasteiger partial charge is 0.104 e. The van der Waals surface area contributed by atoms with Crippen molar-refractivity contribution in [2.45, 2.75) is 406 Å². The van der Waals surface area contributed by atoms with Gasteiger partial charge in [0.1, 0.15) is 35.3 Å². The Morgan fingerprint density at radius 3 is 0.539 bits per heavy atom. The predicted octanol–water partition coefficient (Wildman–Crippen LogP) is 25.4. The molecule has 452 valence electrons. The maximum absolute atomic E-state index is 12.0. The van der Waals surface area contributed by atoms with Crippen molar-refractivity contribution >= 4 is 10.1 Å². The number of quaternary nitrogens is 1. The highest BCUT2D eigenvalue weighted by atomic mass is 32.2. The van der Waals surface area contributed by atoms with Crippen molar-refractivity contribution < 1.29 is 17.5 Å². The fourth-order valence-corrected chi connectivity index (χ4v) is 12.0. The van der Waals surface area contributed by atoms with Crippen LogP contribution in [0.25, 0.3) is 0 Å². The molecule has 0 rings (SSSR count). The summed E-state index contributed by atoms with van der Waals surface area (Å²) in [5.74, 6) is -0.343. The molecule has 0 aromatic heterocycles. The van der Waals surface area contributed by atoms with Gasteiger partial charge in [-0.2, -0.15) is 0 Å². The van der Waals surface area contributed by atoms with Crippen LogP contribution < -0.4 is 0 Å². The van der Waals surface area contributed by atoms with Gasteiger partial charge in [-0.05, 0) is 56.8 Å². The molecule has 0 saturated heterocycles. The van der Waals surface area contributed by atoms with Crippen LogP contribution >= 0.6 is 0 Å². The van der Waals surface area contributed by atoms with E-state index in [1.807, 2.05) is 0 Å². The summed E-state index contributed by atoms with van der Waals surface area (Å²) in [6.07, 6.45) is 95.5. The van der Waals surface area contributed by atoms with Crippen molar-refractivity contribution in [2.75, 3.05) is 12.3 Å². The third-order valence-corrected chi connectivity index (χ3v) is 17.5. The van der Waals surface area contributed by atoms with E-state index in [1.54, 1.807) is 0 Å². The van der Waals surface area contributed by atoms with E-state index in [0.29, 0.717) is 4.48 Å². The average molecular weight is 1090 g/mol. The SMILES string of the molecule is CCCCCCCCCCCCCCCCCCCCC/C=C/[N+](/C=C/CCCCCCCCCCCCCCCCCCCCC)(/C=C/CCCCCCCCCCCCCCCCCCCCC)CCS(=O)(=O)[O-]. The molecule has 0 spiro atoms. The van der Waals surface area contributed by atoms with Crippen LogP contribution in [0.5, 0.6) is 0 Å². The first-order chi connectivity index (χ1) is 37.4. The van der Waals surface area contributed by atoms with Gasteiger partial charge in [0.2, 0.25) is 0 Å². The van der Waals surface area contributed by atoms with Crippen LogP contribution in [0.2, 0.25) is 0 Å². The second kappa shape index (κ2) is 63.3. The summed E-state index contributed by atoms with van der Waals surface area (Å²) in [7, 11) is -4.32. The lowest BCUT2D eigenvalue weighted by atomic mass is 10.0. The lowest BCUT2D eigenvalue weighted by Gasteiger charge is -2.27. The summed E-state index contributed by atoms with van der Waals surface area (Å²) in [5.41, 5.74) is 0. The lowest BCUT2D eigenvalue weighted by Crippen LogP contribution is -2.35. The minimum absolute atomic E-state index is 0.271. The molecule has 0 aliphatic heterocycles. The maximum atomic E-state index is 12.0. The summed E-state index contributed by atoms with van der Waals surface area (Å²) in [6, 6.07) is 0. The second-order valence-electron chi connectivity index (χ2n) is 24.6. The highest BCUT2D eigenvalue weighted by Gasteiger charge is 2.20. The van der Waals surface area contributed by atoms with Gasteiger partial charge in [0.15, 0.2) is 0 Å². The summed E-state index contributed by atoms with van der Waals surface area (Å²) < 4.78 is 36.4. The number of nitrogens with zero attached hydrogens (tertiary/aromatic N) is 1. The fourth-order valence-electron chi connectivity index (χ4n) is 11.5. The van der Waals surface area contributed by atoms with E-state index < -0.39 is 10.1 Å². The molecule has 0 bridgehead atoms. The molecule has 0 saturated carbocycles. The van der Waals surface area contributed by atoms with Crippen molar-refractivity contribution in [3.63, 3.8) is 0 Å². The van der Waals surface area contributed by atoms with Crippen LogP contribution in [0.3, 0.4) is 0 Å². The molecule has 5 heteroatoms. The predicted molar refractivity (Wildman–Crippen MR) is 341 cm³/mol. The highest BCUT2D eigenvalue weighted by Crippen LogP contribution is 2.21. The van der Waals surface area contributed by atoms with Gasteiger partial charge in [-0.1, -0.05) is 367 Å². The average Bonchev–Trinajstić information content (AvgIpc) is 3.41. The molecule has 0 heterocycles. The molecule has 0 aliphatic carbocycles. The third-order valence-electron chi connectivity index (χ3n) is 16.8. The van der Waals surface area contributed by atoms with Crippen molar-refractivity contribution in [3.8, 4) is 0 Å². The molecule has 76 heavy (non-hydrogen) atoms. The monoisotopic (exact) mass is 1090 g/mol.